The maximum Gasteiger partial charge on any atom is 0.387 e. The minimum atomic E-state index is -2.78. The van der Waals surface area contributed by atoms with E-state index in [9.17, 15) is 8.78 Å². The van der Waals surface area contributed by atoms with Crippen molar-refractivity contribution < 1.29 is 13.5 Å². The molecule has 0 unspecified atom stereocenters. The van der Waals surface area contributed by atoms with E-state index in [1.165, 1.54) is 18.3 Å². The third-order valence-corrected chi connectivity index (χ3v) is 1.57. The van der Waals surface area contributed by atoms with Gasteiger partial charge in [-0.3, -0.25) is 4.98 Å². The molecule has 0 aliphatic carbocycles. The molecular weight excluding hydrogens is 176 g/mol. The molecule has 13 heavy (non-hydrogen) atoms. The average Bonchev–Trinajstić information content (AvgIpc) is 2.03. The van der Waals surface area contributed by atoms with Crippen molar-refractivity contribution in [1.29, 1.82) is 0 Å². The molecule has 0 aliphatic rings. The maximum absolute atomic E-state index is 11.8. The minimum absolute atomic E-state index is 0.161. The molecule has 4 heteroatoms. The second kappa shape index (κ2) is 4.16. The summed E-state index contributed by atoms with van der Waals surface area (Å²) in [6.07, 6.45) is 1.47. The molecule has 2 nitrogen and oxygen atoms in total. The Labute approximate surface area is 75.6 Å². The molecule has 0 N–H and O–H groups in total. The standard InChI is InChI=1S/C9H11F2NO/c1-6(2)8-5-7(3-4-12-8)13-9(10)11/h3-6,9H,1-2H3. The van der Waals surface area contributed by atoms with E-state index < -0.39 is 6.61 Å². The lowest BCUT2D eigenvalue weighted by Gasteiger charge is -2.07. The Hall–Kier alpha value is -1.19. The van der Waals surface area contributed by atoms with E-state index in [-0.39, 0.29) is 11.7 Å². The summed E-state index contributed by atoms with van der Waals surface area (Å²) in [6, 6.07) is 2.94. The van der Waals surface area contributed by atoms with Gasteiger partial charge in [-0.15, -0.1) is 0 Å². The van der Waals surface area contributed by atoms with Gasteiger partial charge < -0.3 is 4.74 Å². The third-order valence-electron chi connectivity index (χ3n) is 1.57. The number of pyridine rings is 1. The van der Waals surface area contributed by atoms with Crippen molar-refractivity contribution in [1.82, 2.24) is 4.98 Å². The molecule has 1 heterocycles. The van der Waals surface area contributed by atoms with Gasteiger partial charge in [-0.1, -0.05) is 13.8 Å². The fourth-order valence-corrected chi connectivity index (χ4v) is 0.920. The second-order valence-electron chi connectivity index (χ2n) is 2.95. The van der Waals surface area contributed by atoms with Gasteiger partial charge in [0, 0.05) is 18.0 Å². The zero-order valence-corrected chi connectivity index (χ0v) is 7.50. The van der Waals surface area contributed by atoms with Crippen LogP contribution in [0.2, 0.25) is 0 Å². The molecule has 0 amide bonds. The summed E-state index contributed by atoms with van der Waals surface area (Å²) in [5.74, 6) is 0.370. The van der Waals surface area contributed by atoms with Crippen LogP contribution in [-0.2, 0) is 0 Å². The largest absolute Gasteiger partial charge is 0.435 e. The van der Waals surface area contributed by atoms with Gasteiger partial charge in [-0.05, 0) is 12.0 Å². The van der Waals surface area contributed by atoms with Crippen LogP contribution in [0.4, 0.5) is 8.78 Å². The highest BCUT2D eigenvalue weighted by Gasteiger charge is 2.06. The number of alkyl halides is 2. The summed E-state index contributed by atoms with van der Waals surface area (Å²) < 4.78 is 27.9. The van der Waals surface area contributed by atoms with Crippen molar-refractivity contribution in [2.45, 2.75) is 26.4 Å². The first-order valence-corrected chi connectivity index (χ1v) is 4.00. The molecule has 0 radical (unpaired) electrons. The van der Waals surface area contributed by atoms with Gasteiger partial charge >= 0.3 is 6.61 Å². The number of aromatic nitrogens is 1. The van der Waals surface area contributed by atoms with Crippen molar-refractivity contribution >= 4 is 0 Å². The molecule has 0 saturated heterocycles. The highest BCUT2D eigenvalue weighted by atomic mass is 19.3. The molecule has 0 saturated carbocycles. The smallest absolute Gasteiger partial charge is 0.387 e. The van der Waals surface area contributed by atoms with Crippen molar-refractivity contribution in [2.75, 3.05) is 0 Å². The fourth-order valence-electron chi connectivity index (χ4n) is 0.920. The molecule has 0 fully saturated rings. The lowest BCUT2D eigenvalue weighted by Crippen LogP contribution is -2.03. The summed E-state index contributed by atoms with van der Waals surface area (Å²) in [7, 11) is 0. The maximum atomic E-state index is 11.8. The lowest BCUT2D eigenvalue weighted by molar-refractivity contribution is -0.0499. The summed E-state index contributed by atoms with van der Waals surface area (Å²) in [4.78, 5) is 4.02. The van der Waals surface area contributed by atoms with E-state index in [1.54, 1.807) is 0 Å². The van der Waals surface area contributed by atoms with Crippen LogP contribution in [0.3, 0.4) is 0 Å². The molecule has 0 bridgehead atoms. The summed E-state index contributed by atoms with van der Waals surface area (Å²) in [5, 5.41) is 0. The molecule has 0 atom stereocenters. The molecule has 0 aliphatic heterocycles. The van der Waals surface area contributed by atoms with Crippen LogP contribution < -0.4 is 4.74 Å². The number of hydrogen-bond donors (Lipinski definition) is 0. The minimum Gasteiger partial charge on any atom is -0.435 e. The van der Waals surface area contributed by atoms with Crippen LogP contribution in [-0.4, -0.2) is 11.6 Å². The molecular formula is C9H11F2NO. The predicted molar refractivity (Wildman–Crippen MR) is 45.0 cm³/mol. The SMILES string of the molecule is CC(C)c1cc(OC(F)F)ccn1. The molecule has 0 spiro atoms. The summed E-state index contributed by atoms with van der Waals surface area (Å²) in [5.41, 5.74) is 0.748. The average molecular weight is 187 g/mol. The van der Waals surface area contributed by atoms with Gasteiger partial charge in [-0.2, -0.15) is 8.78 Å². The Kier molecular flexibility index (Phi) is 3.17. The number of nitrogens with zero attached hydrogens (tertiary/aromatic N) is 1. The van der Waals surface area contributed by atoms with Crippen LogP contribution in [0.5, 0.6) is 5.75 Å². The lowest BCUT2D eigenvalue weighted by atomic mass is 10.1. The van der Waals surface area contributed by atoms with Gasteiger partial charge in [0.1, 0.15) is 5.75 Å². The summed E-state index contributed by atoms with van der Waals surface area (Å²) >= 11 is 0. The number of halogens is 2. The van der Waals surface area contributed by atoms with Gasteiger partial charge in [0.05, 0.1) is 0 Å². The second-order valence-corrected chi connectivity index (χ2v) is 2.95. The Balaban J connectivity index is 2.79. The molecule has 1 aromatic heterocycles. The van der Waals surface area contributed by atoms with Gasteiger partial charge in [0.15, 0.2) is 0 Å². The van der Waals surface area contributed by atoms with Crippen molar-refractivity contribution in [2.24, 2.45) is 0 Å². The van der Waals surface area contributed by atoms with Crippen LogP contribution in [0.1, 0.15) is 25.5 Å². The van der Waals surface area contributed by atoms with E-state index in [4.69, 9.17) is 0 Å². The topological polar surface area (TPSA) is 22.1 Å². The van der Waals surface area contributed by atoms with Crippen molar-refractivity contribution in [3.8, 4) is 5.75 Å². The number of hydrogen-bond acceptors (Lipinski definition) is 2. The van der Waals surface area contributed by atoms with Crippen molar-refractivity contribution in [3.05, 3.63) is 24.0 Å². The van der Waals surface area contributed by atoms with E-state index in [1.807, 2.05) is 13.8 Å². The van der Waals surface area contributed by atoms with Gasteiger partial charge in [0.25, 0.3) is 0 Å². The first-order chi connectivity index (χ1) is 6.09. The van der Waals surface area contributed by atoms with Crippen LogP contribution in [0.15, 0.2) is 18.3 Å². The van der Waals surface area contributed by atoms with Crippen LogP contribution >= 0.6 is 0 Å². The van der Waals surface area contributed by atoms with Crippen LogP contribution in [0, 0.1) is 0 Å². The first kappa shape index (κ1) is 9.89. The highest BCUT2D eigenvalue weighted by Crippen LogP contribution is 2.18. The Morgan fingerprint density at radius 3 is 2.62 bits per heavy atom. The normalized spacial score (nSPS) is 10.9. The quantitative estimate of drug-likeness (QED) is 0.725. The van der Waals surface area contributed by atoms with E-state index in [0.29, 0.717) is 0 Å². The number of rotatable bonds is 3. The fraction of sp³-hybridized carbons (Fsp3) is 0.444. The highest BCUT2D eigenvalue weighted by molar-refractivity contribution is 5.24. The zero-order chi connectivity index (χ0) is 9.84. The Morgan fingerprint density at radius 2 is 2.08 bits per heavy atom. The van der Waals surface area contributed by atoms with E-state index in [0.717, 1.165) is 5.69 Å². The van der Waals surface area contributed by atoms with E-state index >= 15 is 0 Å². The predicted octanol–water partition coefficient (Wildman–Crippen LogP) is 2.81. The Morgan fingerprint density at radius 1 is 1.38 bits per heavy atom. The monoisotopic (exact) mass is 187 g/mol. The molecule has 1 aromatic rings. The van der Waals surface area contributed by atoms with E-state index in [2.05, 4.69) is 9.72 Å². The van der Waals surface area contributed by atoms with Gasteiger partial charge in [-0.25, -0.2) is 0 Å². The zero-order valence-electron chi connectivity index (χ0n) is 7.50. The van der Waals surface area contributed by atoms with Crippen molar-refractivity contribution in [3.63, 3.8) is 0 Å². The summed E-state index contributed by atoms with van der Waals surface area (Å²) in [6.45, 7) is 1.10. The molecule has 72 valence electrons. The first-order valence-electron chi connectivity index (χ1n) is 4.00. The Bertz CT molecular complexity index is 276. The number of ether oxygens (including phenoxy) is 1. The van der Waals surface area contributed by atoms with Crippen LogP contribution in [0.25, 0.3) is 0 Å². The third kappa shape index (κ3) is 2.97. The molecule has 1 rings (SSSR count). The van der Waals surface area contributed by atoms with Gasteiger partial charge in [0.2, 0.25) is 0 Å². The molecule has 0 aromatic carbocycles.